The molecular formula is C15H23N3O2. The van der Waals surface area contributed by atoms with Crippen LogP contribution in [0.1, 0.15) is 18.1 Å². The van der Waals surface area contributed by atoms with Crippen LogP contribution in [-0.2, 0) is 6.54 Å². The number of aryl methyl sites for hydroxylation is 1. The molecule has 1 fully saturated rings. The topological polar surface area (TPSA) is 53.6 Å². The first-order valence-corrected chi connectivity index (χ1v) is 7.16. The van der Waals surface area contributed by atoms with E-state index in [4.69, 9.17) is 4.74 Å². The summed E-state index contributed by atoms with van der Waals surface area (Å²) in [5, 5.41) is 6.10. The van der Waals surface area contributed by atoms with E-state index >= 15 is 0 Å². The van der Waals surface area contributed by atoms with Crippen molar-refractivity contribution >= 4 is 6.03 Å². The van der Waals surface area contributed by atoms with Crippen LogP contribution in [0.5, 0.6) is 5.75 Å². The number of rotatable bonds is 7. The molecule has 0 aromatic heterocycles. The molecule has 20 heavy (non-hydrogen) atoms. The molecular weight excluding hydrogens is 254 g/mol. The van der Waals surface area contributed by atoms with E-state index in [1.807, 2.05) is 12.1 Å². The van der Waals surface area contributed by atoms with Crippen molar-refractivity contribution in [3.63, 3.8) is 0 Å². The molecule has 2 rings (SSSR count). The lowest BCUT2D eigenvalue weighted by atomic mass is 10.1. The SMILES string of the molecule is CCNCc1cc(C)ccc1OCCN1CCNC1=O. The van der Waals surface area contributed by atoms with E-state index in [-0.39, 0.29) is 6.03 Å². The van der Waals surface area contributed by atoms with Gasteiger partial charge in [0.1, 0.15) is 12.4 Å². The van der Waals surface area contributed by atoms with Gasteiger partial charge in [-0.15, -0.1) is 0 Å². The number of hydrogen-bond acceptors (Lipinski definition) is 3. The van der Waals surface area contributed by atoms with Gasteiger partial charge in [0.15, 0.2) is 0 Å². The van der Waals surface area contributed by atoms with Crippen molar-refractivity contribution in [3.05, 3.63) is 29.3 Å². The molecule has 1 heterocycles. The highest BCUT2D eigenvalue weighted by Crippen LogP contribution is 2.20. The van der Waals surface area contributed by atoms with Gasteiger partial charge >= 0.3 is 6.03 Å². The molecule has 0 radical (unpaired) electrons. The third-order valence-corrected chi connectivity index (χ3v) is 3.35. The Bertz CT molecular complexity index is 462. The minimum absolute atomic E-state index is 0.00498. The first kappa shape index (κ1) is 14.7. The molecule has 0 aliphatic carbocycles. The maximum atomic E-state index is 11.4. The lowest BCUT2D eigenvalue weighted by Crippen LogP contribution is -2.32. The van der Waals surface area contributed by atoms with Crippen LogP contribution in [0, 0.1) is 6.92 Å². The largest absolute Gasteiger partial charge is 0.491 e. The number of carbonyl (C=O) groups excluding carboxylic acids is 1. The Labute approximate surface area is 120 Å². The maximum Gasteiger partial charge on any atom is 0.317 e. The molecule has 0 atom stereocenters. The summed E-state index contributed by atoms with van der Waals surface area (Å²) in [6, 6.07) is 6.20. The summed E-state index contributed by atoms with van der Waals surface area (Å²) in [5.41, 5.74) is 2.39. The number of urea groups is 1. The van der Waals surface area contributed by atoms with E-state index in [9.17, 15) is 4.79 Å². The molecule has 5 heteroatoms. The molecule has 1 aliphatic heterocycles. The Morgan fingerprint density at radius 2 is 2.30 bits per heavy atom. The van der Waals surface area contributed by atoms with Gasteiger partial charge in [0.05, 0.1) is 6.54 Å². The van der Waals surface area contributed by atoms with E-state index in [2.05, 4.69) is 30.5 Å². The van der Waals surface area contributed by atoms with Gasteiger partial charge in [-0.1, -0.05) is 24.6 Å². The minimum atomic E-state index is 0.00498. The van der Waals surface area contributed by atoms with Gasteiger partial charge in [-0.2, -0.15) is 0 Å². The second-order valence-corrected chi connectivity index (χ2v) is 4.96. The Morgan fingerprint density at radius 3 is 3.00 bits per heavy atom. The van der Waals surface area contributed by atoms with Crippen molar-refractivity contribution in [1.82, 2.24) is 15.5 Å². The van der Waals surface area contributed by atoms with Crippen molar-refractivity contribution in [2.45, 2.75) is 20.4 Å². The molecule has 2 N–H and O–H groups in total. The van der Waals surface area contributed by atoms with Gasteiger partial charge in [0.25, 0.3) is 0 Å². The highest BCUT2D eigenvalue weighted by atomic mass is 16.5. The summed E-state index contributed by atoms with van der Waals surface area (Å²) in [4.78, 5) is 13.2. The monoisotopic (exact) mass is 277 g/mol. The van der Waals surface area contributed by atoms with E-state index in [0.29, 0.717) is 13.2 Å². The van der Waals surface area contributed by atoms with Crippen molar-refractivity contribution in [2.24, 2.45) is 0 Å². The lowest BCUT2D eigenvalue weighted by molar-refractivity contribution is 0.202. The second kappa shape index (κ2) is 7.14. The maximum absolute atomic E-state index is 11.4. The van der Waals surface area contributed by atoms with Gasteiger partial charge in [-0.25, -0.2) is 4.79 Å². The van der Waals surface area contributed by atoms with Crippen molar-refractivity contribution in [3.8, 4) is 5.75 Å². The molecule has 2 amide bonds. The Balaban J connectivity index is 1.89. The molecule has 0 unspecified atom stereocenters. The van der Waals surface area contributed by atoms with Gasteiger partial charge < -0.3 is 20.3 Å². The molecule has 1 aromatic carbocycles. The third-order valence-electron chi connectivity index (χ3n) is 3.35. The van der Waals surface area contributed by atoms with Crippen LogP contribution in [0.2, 0.25) is 0 Å². The number of nitrogens with one attached hydrogen (secondary N) is 2. The second-order valence-electron chi connectivity index (χ2n) is 4.96. The first-order chi connectivity index (χ1) is 9.70. The fourth-order valence-corrected chi connectivity index (χ4v) is 2.24. The average Bonchev–Trinajstić information content (AvgIpc) is 2.84. The van der Waals surface area contributed by atoms with Gasteiger partial charge in [0, 0.05) is 25.2 Å². The fourth-order valence-electron chi connectivity index (χ4n) is 2.24. The van der Waals surface area contributed by atoms with Gasteiger partial charge in [-0.3, -0.25) is 0 Å². The molecule has 0 saturated carbocycles. The van der Waals surface area contributed by atoms with Crippen LogP contribution < -0.4 is 15.4 Å². The zero-order valence-electron chi connectivity index (χ0n) is 12.2. The van der Waals surface area contributed by atoms with Crippen LogP contribution in [-0.4, -0.2) is 43.7 Å². The zero-order chi connectivity index (χ0) is 14.4. The van der Waals surface area contributed by atoms with E-state index < -0.39 is 0 Å². The summed E-state index contributed by atoms with van der Waals surface area (Å²) >= 11 is 0. The normalized spacial score (nSPS) is 14.5. The molecule has 5 nitrogen and oxygen atoms in total. The Kier molecular flexibility index (Phi) is 5.24. The number of amides is 2. The van der Waals surface area contributed by atoms with Gasteiger partial charge in [0.2, 0.25) is 0 Å². The summed E-state index contributed by atoms with van der Waals surface area (Å²) in [6.45, 7) is 8.54. The molecule has 0 bridgehead atoms. The molecule has 1 saturated heterocycles. The molecule has 1 aromatic rings. The van der Waals surface area contributed by atoms with Crippen molar-refractivity contribution < 1.29 is 9.53 Å². The summed E-state index contributed by atoms with van der Waals surface area (Å²) < 4.78 is 5.84. The number of nitrogens with zero attached hydrogens (tertiary/aromatic N) is 1. The highest BCUT2D eigenvalue weighted by Gasteiger charge is 2.18. The standard InChI is InChI=1S/C15H23N3O2/c1-3-16-11-13-10-12(2)4-5-14(13)20-9-8-18-7-6-17-15(18)19/h4-5,10,16H,3,6-9,11H2,1-2H3,(H,17,19). The molecule has 110 valence electrons. The lowest BCUT2D eigenvalue weighted by Gasteiger charge is -2.16. The van der Waals surface area contributed by atoms with Crippen LogP contribution in [0.15, 0.2) is 18.2 Å². The van der Waals surface area contributed by atoms with E-state index in [1.165, 1.54) is 5.56 Å². The summed E-state index contributed by atoms with van der Waals surface area (Å²) in [7, 11) is 0. The summed E-state index contributed by atoms with van der Waals surface area (Å²) in [6.07, 6.45) is 0. The zero-order valence-corrected chi connectivity index (χ0v) is 12.2. The highest BCUT2D eigenvalue weighted by molar-refractivity contribution is 5.76. The average molecular weight is 277 g/mol. The van der Waals surface area contributed by atoms with E-state index in [0.717, 1.165) is 37.5 Å². The number of ether oxygens (including phenoxy) is 1. The first-order valence-electron chi connectivity index (χ1n) is 7.16. The Morgan fingerprint density at radius 1 is 1.45 bits per heavy atom. The van der Waals surface area contributed by atoms with Crippen LogP contribution >= 0.6 is 0 Å². The molecule has 0 spiro atoms. The third kappa shape index (κ3) is 3.87. The predicted molar refractivity (Wildman–Crippen MR) is 79.0 cm³/mol. The van der Waals surface area contributed by atoms with Crippen LogP contribution in [0.3, 0.4) is 0 Å². The quantitative estimate of drug-likeness (QED) is 0.794. The van der Waals surface area contributed by atoms with Crippen LogP contribution in [0.4, 0.5) is 4.79 Å². The predicted octanol–water partition coefficient (Wildman–Crippen LogP) is 1.51. The number of hydrogen-bond donors (Lipinski definition) is 2. The smallest absolute Gasteiger partial charge is 0.317 e. The summed E-state index contributed by atoms with van der Waals surface area (Å²) in [5.74, 6) is 0.899. The Hall–Kier alpha value is -1.75. The fraction of sp³-hybridized carbons (Fsp3) is 0.533. The van der Waals surface area contributed by atoms with Crippen molar-refractivity contribution in [2.75, 3.05) is 32.8 Å². The molecule has 1 aliphatic rings. The number of carbonyl (C=O) groups is 1. The van der Waals surface area contributed by atoms with Crippen molar-refractivity contribution in [1.29, 1.82) is 0 Å². The number of benzene rings is 1. The van der Waals surface area contributed by atoms with Crippen LogP contribution in [0.25, 0.3) is 0 Å². The minimum Gasteiger partial charge on any atom is -0.491 e. The van der Waals surface area contributed by atoms with Gasteiger partial charge in [-0.05, 0) is 19.5 Å². The van der Waals surface area contributed by atoms with E-state index in [1.54, 1.807) is 4.90 Å².